The second-order valence-corrected chi connectivity index (χ2v) is 3.69. The quantitative estimate of drug-likeness (QED) is 0.813. The number of hydrogen-bond donors (Lipinski definition) is 1. The van der Waals surface area contributed by atoms with E-state index in [9.17, 15) is 8.78 Å². The van der Waals surface area contributed by atoms with Gasteiger partial charge in [0.25, 0.3) is 5.92 Å². The maximum atomic E-state index is 13.3. The summed E-state index contributed by atoms with van der Waals surface area (Å²) < 4.78 is 31.8. The molecule has 0 fully saturated rings. The Morgan fingerprint density at radius 1 is 1.33 bits per heavy atom. The number of hydrogen-bond acceptors (Lipinski definition) is 2. The standard InChI is InChI=1S/C11H13F2NO/c12-11(13,7-14)10-2-1-9-6-15-4-3-8(9)5-10/h1-2,5H,3-4,6-7,14H2. The van der Waals surface area contributed by atoms with Crippen LogP contribution in [0, 0.1) is 0 Å². The Hall–Kier alpha value is -1.00. The molecule has 2 nitrogen and oxygen atoms in total. The lowest BCUT2D eigenvalue weighted by molar-refractivity contribution is 0.00565. The zero-order valence-corrected chi connectivity index (χ0v) is 8.30. The van der Waals surface area contributed by atoms with Crippen molar-refractivity contribution in [1.82, 2.24) is 0 Å². The number of ether oxygens (including phenoxy) is 1. The molecule has 0 spiro atoms. The molecule has 2 rings (SSSR count). The number of rotatable bonds is 2. The fourth-order valence-electron chi connectivity index (χ4n) is 1.71. The van der Waals surface area contributed by atoms with Gasteiger partial charge in [0.05, 0.1) is 19.8 Å². The van der Waals surface area contributed by atoms with E-state index in [0.29, 0.717) is 19.6 Å². The highest BCUT2D eigenvalue weighted by Crippen LogP contribution is 2.29. The Labute approximate surface area is 87.0 Å². The van der Waals surface area contributed by atoms with Crippen LogP contribution in [0.2, 0.25) is 0 Å². The zero-order chi connectivity index (χ0) is 10.9. The summed E-state index contributed by atoms with van der Waals surface area (Å²) in [7, 11) is 0. The number of fused-ring (bicyclic) bond motifs is 1. The molecular formula is C11H13F2NO. The predicted octanol–water partition coefficient (Wildman–Crippen LogP) is 1.81. The van der Waals surface area contributed by atoms with E-state index >= 15 is 0 Å². The van der Waals surface area contributed by atoms with Crippen LogP contribution in [0.1, 0.15) is 16.7 Å². The van der Waals surface area contributed by atoms with Gasteiger partial charge in [-0.3, -0.25) is 0 Å². The van der Waals surface area contributed by atoms with Gasteiger partial charge in [-0.25, -0.2) is 0 Å². The lowest BCUT2D eigenvalue weighted by Gasteiger charge is -2.20. The molecule has 82 valence electrons. The van der Waals surface area contributed by atoms with E-state index in [1.54, 1.807) is 12.1 Å². The molecule has 1 aromatic rings. The Balaban J connectivity index is 2.36. The summed E-state index contributed by atoms with van der Waals surface area (Å²) in [6.45, 7) is 0.469. The molecule has 0 aliphatic carbocycles. The third-order valence-electron chi connectivity index (χ3n) is 2.66. The summed E-state index contributed by atoms with van der Waals surface area (Å²) in [4.78, 5) is 0. The third-order valence-corrected chi connectivity index (χ3v) is 2.66. The van der Waals surface area contributed by atoms with Gasteiger partial charge in [-0.05, 0) is 23.6 Å². The molecule has 0 saturated carbocycles. The van der Waals surface area contributed by atoms with Crippen LogP contribution in [0.5, 0.6) is 0 Å². The number of benzene rings is 1. The number of alkyl halides is 2. The molecule has 0 amide bonds. The van der Waals surface area contributed by atoms with Crippen LogP contribution in [0.4, 0.5) is 8.78 Å². The van der Waals surface area contributed by atoms with Crippen molar-refractivity contribution in [2.75, 3.05) is 13.2 Å². The summed E-state index contributed by atoms with van der Waals surface area (Å²) in [6, 6.07) is 4.68. The lowest BCUT2D eigenvalue weighted by atomic mass is 9.97. The molecule has 0 aromatic heterocycles. The predicted molar refractivity (Wildman–Crippen MR) is 52.8 cm³/mol. The van der Waals surface area contributed by atoms with Crippen molar-refractivity contribution in [3.05, 3.63) is 34.9 Å². The van der Waals surface area contributed by atoms with Gasteiger partial charge in [-0.15, -0.1) is 0 Å². The van der Waals surface area contributed by atoms with E-state index in [1.165, 1.54) is 6.07 Å². The van der Waals surface area contributed by atoms with Gasteiger partial charge in [0.1, 0.15) is 0 Å². The third kappa shape index (κ3) is 2.01. The summed E-state index contributed by atoms with van der Waals surface area (Å²) >= 11 is 0. The monoisotopic (exact) mass is 213 g/mol. The second-order valence-electron chi connectivity index (χ2n) is 3.69. The minimum atomic E-state index is -2.92. The molecule has 0 saturated heterocycles. The fraction of sp³-hybridized carbons (Fsp3) is 0.455. The molecule has 4 heteroatoms. The van der Waals surface area contributed by atoms with Gasteiger partial charge >= 0.3 is 0 Å². The first-order chi connectivity index (χ1) is 7.13. The first kappa shape index (κ1) is 10.5. The fourth-order valence-corrected chi connectivity index (χ4v) is 1.71. The number of nitrogens with two attached hydrogens (primary N) is 1. The Morgan fingerprint density at radius 2 is 2.13 bits per heavy atom. The van der Waals surface area contributed by atoms with Crippen LogP contribution >= 0.6 is 0 Å². The van der Waals surface area contributed by atoms with Crippen LogP contribution in [0.15, 0.2) is 18.2 Å². The van der Waals surface area contributed by atoms with Crippen LogP contribution in [0.25, 0.3) is 0 Å². The molecule has 1 aliphatic heterocycles. The minimum Gasteiger partial charge on any atom is -0.376 e. The van der Waals surface area contributed by atoms with E-state index in [0.717, 1.165) is 11.1 Å². The highest BCUT2D eigenvalue weighted by molar-refractivity contribution is 5.35. The van der Waals surface area contributed by atoms with Gasteiger partial charge in [0, 0.05) is 5.56 Å². The Kier molecular flexibility index (Phi) is 2.71. The average molecular weight is 213 g/mol. The first-order valence-electron chi connectivity index (χ1n) is 4.91. The van der Waals surface area contributed by atoms with Crippen molar-refractivity contribution < 1.29 is 13.5 Å². The Bertz CT molecular complexity index is 366. The maximum Gasteiger partial charge on any atom is 0.285 e. The zero-order valence-electron chi connectivity index (χ0n) is 8.30. The molecule has 1 aliphatic rings. The van der Waals surface area contributed by atoms with Gasteiger partial charge in [-0.2, -0.15) is 8.78 Å². The second kappa shape index (κ2) is 3.87. The minimum absolute atomic E-state index is 0.00523. The molecule has 1 heterocycles. The van der Waals surface area contributed by atoms with Crippen LogP contribution in [-0.2, 0) is 23.7 Å². The summed E-state index contributed by atoms with van der Waals surface area (Å²) in [6.07, 6.45) is 0.698. The molecule has 0 unspecified atom stereocenters. The maximum absolute atomic E-state index is 13.3. The molecule has 0 bridgehead atoms. The van der Waals surface area contributed by atoms with Gasteiger partial charge in [0.15, 0.2) is 0 Å². The summed E-state index contributed by atoms with van der Waals surface area (Å²) in [5.41, 5.74) is 6.99. The van der Waals surface area contributed by atoms with E-state index in [-0.39, 0.29) is 5.56 Å². The summed E-state index contributed by atoms with van der Waals surface area (Å²) in [5.74, 6) is -2.92. The largest absolute Gasteiger partial charge is 0.376 e. The van der Waals surface area contributed by atoms with Crippen LogP contribution in [0.3, 0.4) is 0 Å². The Morgan fingerprint density at radius 3 is 2.87 bits per heavy atom. The normalized spacial score (nSPS) is 16.2. The van der Waals surface area contributed by atoms with Crippen LogP contribution < -0.4 is 5.73 Å². The molecule has 1 aromatic carbocycles. The van der Waals surface area contributed by atoms with E-state index in [4.69, 9.17) is 10.5 Å². The van der Waals surface area contributed by atoms with Gasteiger partial charge in [0.2, 0.25) is 0 Å². The lowest BCUT2D eigenvalue weighted by Crippen LogP contribution is -2.25. The number of halogens is 2. The van der Waals surface area contributed by atoms with Crippen molar-refractivity contribution in [2.24, 2.45) is 5.73 Å². The van der Waals surface area contributed by atoms with Crippen molar-refractivity contribution in [2.45, 2.75) is 19.0 Å². The van der Waals surface area contributed by atoms with Crippen LogP contribution in [-0.4, -0.2) is 13.2 Å². The molecular weight excluding hydrogens is 200 g/mol. The van der Waals surface area contributed by atoms with Crippen molar-refractivity contribution in [3.8, 4) is 0 Å². The van der Waals surface area contributed by atoms with E-state index in [1.807, 2.05) is 0 Å². The van der Waals surface area contributed by atoms with E-state index < -0.39 is 12.5 Å². The van der Waals surface area contributed by atoms with E-state index in [2.05, 4.69) is 0 Å². The van der Waals surface area contributed by atoms with Crippen molar-refractivity contribution in [3.63, 3.8) is 0 Å². The molecule has 2 N–H and O–H groups in total. The topological polar surface area (TPSA) is 35.2 Å². The average Bonchev–Trinajstić information content (AvgIpc) is 2.28. The smallest absolute Gasteiger partial charge is 0.285 e. The van der Waals surface area contributed by atoms with Gasteiger partial charge in [-0.1, -0.05) is 12.1 Å². The molecule has 0 atom stereocenters. The molecule has 15 heavy (non-hydrogen) atoms. The summed E-state index contributed by atoms with van der Waals surface area (Å²) in [5, 5.41) is 0. The van der Waals surface area contributed by atoms with Crippen molar-refractivity contribution >= 4 is 0 Å². The molecule has 0 radical (unpaired) electrons. The van der Waals surface area contributed by atoms with Crippen molar-refractivity contribution in [1.29, 1.82) is 0 Å². The SMILES string of the molecule is NCC(F)(F)c1ccc2c(c1)CCOC2. The van der Waals surface area contributed by atoms with Gasteiger partial charge < -0.3 is 10.5 Å². The highest BCUT2D eigenvalue weighted by Gasteiger charge is 2.30. The highest BCUT2D eigenvalue weighted by atomic mass is 19.3. The first-order valence-corrected chi connectivity index (χ1v) is 4.91.